The molecule has 1 heterocycles. The largest absolute Gasteiger partial charge is 0.325 e. The standard InChI is InChI=1S/C25H26N4O/c1-19(25(30)27-24-11-10-22-4-2-3-5-23(22)16-24)29-14-12-28(13-15-29)18-21-8-6-20(17-26)7-9-21/h2-11,16,19H,12-15,18H2,1H3,(H,27,30)/t19-/m0/s1. The smallest absolute Gasteiger partial charge is 0.241 e. The normalized spacial score (nSPS) is 16.1. The monoisotopic (exact) mass is 398 g/mol. The van der Waals surface area contributed by atoms with Crippen molar-refractivity contribution in [1.29, 1.82) is 5.26 Å². The van der Waals surface area contributed by atoms with Crippen LogP contribution in [0.2, 0.25) is 0 Å². The molecule has 3 aromatic rings. The number of fused-ring (bicyclic) bond motifs is 1. The lowest BCUT2D eigenvalue weighted by atomic mass is 10.1. The van der Waals surface area contributed by atoms with Gasteiger partial charge in [-0.25, -0.2) is 0 Å². The van der Waals surface area contributed by atoms with Gasteiger partial charge in [-0.05, 0) is 47.5 Å². The summed E-state index contributed by atoms with van der Waals surface area (Å²) in [6.45, 7) is 6.43. The van der Waals surface area contributed by atoms with Crippen LogP contribution in [0.15, 0.2) is 66.7 Å². The first kappa shape index (κ1) is 20.1. The van der Waals surface area contributed by atoms with Crippen LogP contribution in [0.4, 0.5) is 5.69 Å². The summed E-state index contributed by atoms with van der Waals surface area (Å²) in [5.74, 6) is 0.0332. The van der Waals surface area contributed by atoms with Gasteiger partial charge in [0, 0.05) is 38.4 Å². The van der Waals surface area contributed by atoms with E-state index in [9.17, 15) is 4.79 Å². The zero-order chi connectivity index (χ0) is 20.9. The van der Waals surface area contributed by atoms with Crippen LogP contribution >= 0.6 is 0 Å². The van der Waals surface area contributed by atoms with Crippen LogP contribution < -0.4 is 5.32 Å². The molecule has 3 aromatic carbocycles. The molecule has 0 radical (unpaired) electrons. The summed E-state index contributed by atoms with van der Waals surface area (Å²) in [4.78, 5) is 17.4. The second kappa shape index (κ2) is 9.08. The lowest BCUT2D eigenvalue weighted by molar-refractivity contribution is -0.121. The van der Waals surface area contributed by atoms with Crippen LogP contribution in [-0.4, -0.2) is 47.9 Å². The molecule has 152 valence electrons. The Morgan fingerprint density at radius 3 is 2.40 bits per heavy atom. The highest BCUT2D eigenvalue weighted by atomic mass is 16.2. The van der Waals surface area contributed by atoms with Crippen LogP contribution in [0.3, 0.4) is 0 Å². The Bertz CT molecular complexity index is 1060. The average Bonchev–Trinajstić information content (AvgIpc) is 2.79. The van der Waals surface area contributed by atoms with Crippen molar-refractivity contribution in [3.63, 3.8) is 0 Å². The highest BCUT2D eigenvalue weighted by molar-refractivity contribution is 5.97. The molecule has 1 fully saturated rings. The molecule has 0 aliphatic carbocycles. The van der Waals surface area contributed by atoms with Crippen LogP contribution in [-0.2, 0) is 11.3 Å². The van der Waals surface area contributed by atoms with Gasteiger partial charge in [-0.2, -0.15) is 5.26 Å². The zero-order valence-corrected chi connectivity index (χ0v) is 17.2. The molecular weight excluding hydrogens is 372 g/mol. The fourth-order valence-electron chi connectivity index (χ4n) is 3.93. The summed E-state index contributed by atoms with van der Waals surface area (Å²) in [5.41, 5.74) is 2.74. The Hall–Kier alpha value is -3.20. The lowest BCUT2D eigenvalue weighted by Crippen LogP contribution is -2.52. The van der Waals surface area contributed by atoms with Crippen molar-refractivity contribution in [3.8, 4) is 6.07 Å². The Balaban J connectivity index is 1.30. The summed E-state index contributed by atoms with van der Waals surface area (Å²) in [5, 5.41) is 14.3. The maximum absolute atomic E-state index is 12.8. The Morgan fingerprint density at radius 2 is 1.70 bits per heavy atom. The molecule has 5 nitrogen and oxygen atoms in total. The van der Waals surface area contributed by atoms with E-state index in [4.69, 9.17) is 5.26 Å². The lowest BCUT2D eigenvalue weighted by Gasteiger charge is -2.37. The van der Waals surface area contributed by atoms with E-state index in [1.165, 1.54) is 10.9 Å². The summed E-state index contributed by atoms with van der Waals surface area (Å²) in [6, 6.07) is 23.9. The first-order valence-corrected chi connectivity index (χ1v) is 10.4. The number of hydrogen-bond donors (Lipinski definition) is 1. The molecule has 30 heavy (non-hydrogen) atoms. The summed E-state index contributed by atoms with van der Waals surface area (Å²) < 4.78 is 0. The van der Waals surface area contributed by atoms with E-state index >= 15 is 0 Å². The molecule has 0 unspecified atom stereocenters. The van der Waals surface area contributed by atoms with Gasteiger partial charge in [-0.1, -0.05) is 42.5 Å². The fourth-order valence-corrected chi connectivity index (χ4v) is 3.93. The maximum atomic E-state index is 12.8. The molecule has 5 heteroatoms. The van der Waals surface area contributed by atoms with Gasteiger partial charge in [0.2, 0.25) is 5.91 Å². The SMILES string of the molecule is C[C@@H](C(=O)Nc1ccc2ccccc2c1)N1CCN(Cc2ccc(C#N)cc2)CC1. The van der Waals surface area contributed by atoms with Gasteiger partial charge >= 0.3 is 0 Å². The minimum Gasteiger partial charge on any atom is -0.325 e. The van der Waals surface area contributed by atoms with E-state index in [0.29, 0.717) is 5.56 Å². The minimum absolute atomic E-state index is 0.0332. The van der Waals surface area contributed by atoms with Crippen LogP contribution in [0.25, 0.3) is 10.8 Å². The molecule has 1 aliphatic heterocycles. The van der Waals surface area contributed by atoms with Crippen molar-refractivity contribution in [1.82, 2.24) is 9.80 Å². The predicted octanol–water partition coefficient (Wildman–Crippen LogP) is 3.86. The minimum atomic E-state index is -0.173. The third kappa shape index (κ3) is 4.68. The Kier molecular flexibility index (Phi) is 6.08. The van der Waals surface area contributed by atoms with Gasteiger partial charge in [0.05, 0.1) is 17.7 Å². The molecule has 4 rings (SSSR count). The quantitative estimate of drug-likeness (QED) is 0.709. The predicted molar refractivity (Wildman–Crippen MR) is 120 cm³/mol. The molecular formula is C25H26N4O. The first-order valence-electron chi connectivity index (χ1n) is 10.4. The van der Waals surface area contributed by atoms with Gasteiger partial charge in [-0.3, -0.25) is 14.6 Å². The van der Waals surface area contributed by atoms with Crippen LogP contribution in [0, 0.1) is 11.3 Å². The van der Waals surface area contributed by atoms with Crippen molar-refractivity contribution < 1.29 is 4.79 Å². The number of nitrogens with zero attached hydrogens (tertiary/aromatic N) is 3. The topological polar surface area (TPSA) is 59.4 Å². The number of benzene rings is 3. The van der Waals surface area contributed by atoms with Crippen molar-refractivity contribution >= 4 is 22.4 Å². The van der Waals surface area contributed by atoms with Crippen molar-refractivity contribution in [2.45, 2.75) is 19.5 Å². The molecule has 1 saturated heterocycles. The molecule has 0 bridgehead atoms. The summed E-state index contributed by atoms with van der Waals surface area (Å²) >= 11 is 0. The molecule has 1 N–H and O–H groups in total. The van der Waals surface area contributed by atoms with Gasteiger partial charge in [0.1, 0.15) is 0 Å². The zero-order valence-electron chi connectivity index (χ0n) is 17.2. The number of nitriles is 1. The van der Waals surface area contributed by atoms with Gasteiger partial charge in [0.15, 0.2) is 0 Å². The molecule has 1 aliphatic rings. The average molecular weight is 399 g/mol. The van der Waals surface area contributed by atoms with Gasteiger partial charge < -0.3 is 5.32 Å². The highest BCUT2D eigenvalue weighted by Gasteiger charge is 2.25. The molecule has 0 saturated carbocycles. The molecule has 0 spiro atoms. The third-order valence-corrected chi connectivity index (χ3v) is 5.84. The van der Waals surface area contributed by atoms with Crippen molar-refractivity contribution in [2.24, 2.45) is 0 Å². The second-order valence-electron chi connectivity index (χ2n) is 7.85. The number of carbonyl (C=O) groups is 1. The Labute approximate surface area is 177 Å². The first-order chi connectivity index (χ1) is 14.6. The number of piperazine rings is 1. The maximum Gasteiger partial charge on any atom is 0.241 e. The van der Waals surface area contributed by atoms with E-state index in [1.54, 1.807) is 0 Å². The van der Waals surface area contributed by atoms with E-state index < -0.39 is 0 Å². The molecule has 1 atom stereocenters. The second-order valence-corrected chi connectivity index (χ2v) is 7.85. The fraction of sp³-hybridized carbons (Fsp3) is 0.280. The summed E-state index contributed by atoms with van der Waals surface area (Å²) in [7, 11) is 0. The van der Waals surface area contributed by atoms with E-state index in [-0.39, 0.29) is 11.9 Å². The van der Waals surface area contributed by atoms with Crippen molar-refractivity contribution in [3.05, 3.63) is 77.9 Å². The number of hydrogen-bond acceptors (Lipinski definition) is 4. The molecule has 0 aromatic heterocycles. The van der Waals surface area contributed by atoms with Crippen molar-refractivity contribution in [2.75, 3.05) is 31.5 Å². The van der Waals surface area contributed by atoms with E-state index in [0.717, 1.165) is 43.8 Å². The van der Waals surface area contributed by atoms with E-state index in [1.807, 2.05) is 61.5 Å². The van der Waals surface area contributed by atoms with Gasteiger partial charge in [0.25, 0.3) is 0 Å². The number of rotatable bonds is 5. The van der Waals surface area contributed by atoms with Crippen LogP contribution in [0.1, 0.15) is 18.1 Å². The third-order valence-electron chi connectivity index (χ3n) is 5.84. The Morgan fingerprint density at radius 1 is 1.00 bits per heavy atom. The highest BCUT2D eigenvalue weighted by Crippen LogP contribution is 2.19. The van der Waals surface area contributed by atoms with E-state index in [2.05, 4.69) is 33.3 Å². The number of nitrogens with one attached hydrogen (secondary N) is 1. The van der Waals surface area contributed by atoms with Gasteiger partial charge in [-0.15, -0.1) is 0 Å². The van der Waals surface area contributed by atoms with Crippen LogP contribution in [0.5, 0.6) is 0 Å². The molecule has 1 amide bonds. The summed E-state index contributed by atoms with van der Waals surface area (Å²) in [6.07, 6.45) is 0. The number of anilines is 1. The number of carbonyl (C=O) groups excluding carboxylic acids is 1. The number of amides is 1.